The molecule has 38 heavy (non-hydrogen) atoms. The van der Waals surface area contributed by atoms with Crippen molar-refractivity contribution in [1.82, 2.24) is 19.5 Å². The third-order valence-electron chi connectivity index (χ3n) is 8.38. The molecule has 1 atom stereocenters. The van der Waals surface area contributed by atoms with Crippen molar-refractivity contribution in [1.29, 1.82) is 0 Å². The Labute approximate surface area is 223 Å². The van der Waals surface area contributed by atoms with Crippen molar-refractivity contribution in [2.75, 3.05) is 0 Å². The molecule has 6 nitrogen and oxygen atoms in total. The van der Waals surface area contributed by atoms with Gasteiger partial charge in [-0.3, -0.25) is 14.6 Å². The first-order valence-corrected chi connectivity index (χ1v) is 13.5. The van der Waals surface area contributed by atoms with Crippen LogP contribution in [0, 0.1) is 17.2 Å². The fraction of sp³-hybridized carbons (Fsp3) is 0.333. The van der Waals surface area contributed by atoms with Crippen LogP contribution in [0.5, 0.6) is 0 Å². The molecule has 0 radical (unpaired) electrons. The predicted octanol–water partition coefficient (Wildman–Crippen LogP) is 6.39. The summed E-state index contributed by atoms with van der Waals surface area (Å²) in [5.74, 6) is 0.525. The zero-order valence-corrected chi connectivity index (χ0v) is 21.5. The smallest absolute Gasteiger partial charge is 0.251 e. The molecule has 0 saturated heterocycles. The molecule has 3 aromatic heterocycles. The van der Waals surface area contributed by atoms with Crippen molar-refractivity contribution in [2.24, 2.45) is 11.3 Å². The van der Waals surface area contributed by atoms with Gasteiger partial charge in [0.25, 0.3) is 5.56 Å². The molecule has 2 fully saturated rings. The van der Waals surface area contributed by atoms with Gasteiger partial charge in [0, 0.05) is 53.3 Å². The van der Waals surface area contributed by atoms with Crippen molar-refractivity contribution in [2.45, 2.75) is 51.0 Å². The molecule has 3 aliphatic carbocycles. The van der Waals surface area contributed by atoms with Gasteiger partial charge in [0.05, 0.1) is 23.0 Å². The average molecular weight is 529 g/mol. The van der Waals surface area contributed by atoms with Gasteiger partial charge in [0.15, 0.2) is 5.78 Å². The number of carbonyl (C=O) groups excluding carboxylic acids is 1. The Morgan fingerprint density at radius 1 is 1.11 bits per heavy atom. The normalized spacial score (nSPS) is 18.4. The van der Waals surface area contributed by atoms with Gasteiger partial charge in [0.2, 0.25) is 0 Å². The second kappa shape index (κ2) is 8.73. The van der Waals surface area contributed by atoms with E-state index in [1.807, 2.05) is 18.2 Å². The predicted molar refractivity (Wildman–Crippen MR) is 143 cm³/mol. The highest BCUT2D eigenvalue weighted by Crippen LogP contribution is 2.54. The number of halogens is 2. The molecule has 0 bridgehead atoms. The molecule has 0 unspecified atom stereocenters. The second-order valence-electron chi connectivity index (χ2n) is 11.1. The number of pyridine rings is 2. The number of nitrogens with zero attached hydrogens (tertiary/aromatic N) is 3. The maximum atomic E-state index is 15.5. The number of aromatic nitrogens is 4. The number of benzene rings is 1. The van der Waals surface area contributed by atoms with E-state index in [2.05, 4.69) is 15.0 Å². The number of rotatable bonds is 5. The lowest BCUT2D eigenvalue weighted by Gasteiger charge is -2.25. The Kier molecular flexibility index (Phi) is 5.41. The SMILES string of the molecule is O=C1CC2(CC2)Cc2ccc(Cl)c(F)c2-c2cc(=O)n([C@@H](CC3CC3)c3ncc(-c4ccncc4)[nH]3)cc21. The largest absolute Gasteiger partial charge is 0.340 e. The summed E-state index contributed by atoms with van der Waals surface area (Å²) in [6.07, 6.45) is 12.7. The van der Waals surface area contributed by atoms with Crippen molar-refractivity contribution in [3.63, 3.8) is 0 Å². The minimum atomic E-state index is -0.573. The summed E-state index contributed by atoms with van der Waals surface area (Å²) in [7, 11) is 0. The number of fused-ring (bicyclic) bond motifs is 3. The minimum absolute atomic E-state index is 0.0115. The molecule has 4 aromatic rings. The molecular formula is C30H26ClFN4O2. The monoisotopic (exact) mass is 528 g/mol. The van der Waals surface area contributed by atoms with Crippen molar-refractivity contribution >= 4 is 17.4 Å². The molecule has 1 aromatic carbocycles. The number of aromatic amines is 1. The summed E-state index contributed by atoms with van der Waals surface area (Å²) in [6, 6.07) is 8.25. The van der Waals surface area contributed by atoms with Gasteiger partial charge in [-0.05, 0) is 60.8 Å². The number of Topliss-reactive ketones (excluding diaryl/α,β-unsaturated/α-hetero) is 1. The van der Waals surface area contributed by atoms with Crippen LogP contribution in [0.15, 0.2) is 59.9 Å². The summed E-state index contributed by atoms with van der Waals surface area (Å²) in [5, 5.41) is -0.0115. The topological polar surface area (TPSA) is 80.6 Å². The first-order chi connectivity index (χ1) is 18.4. The first kappa shape index (κ1) is 23.5. The molecule has 192 valence electrons. The van der Waals surface area contributed by atoms with E-state index in [4.69, 9.17) is 11.6 Å². The van der Waals surface area contributed by atoms with E-state index >= 15 is 4.39 Å². The number of H-pyrrole nitrogens is 1. The van der Waals surface area contributed by atoms with Crippen molar-refractivity contribution in [3.8, 4) is 22.4 Å². The molecule has 1 spiro atoms. The van der Waals surface area contributed by atoms with Gasteiger partial charge in [-0.2, -0.15) is 0 Å². The summed E-state index contributed by atoms with van der Waals surface area (Å²) in [6.45, 7) is 0. The Hall–Kier alpha value is -3.58. The molecule has 0 aliphatic heterocycles. The van der Waals surface area contributed by atoms with Crippen LogP contribution in [0.2, 0.25) is 5.02 Å². The van der Waals surface area contributed by atoms with E-state index in [0.29, 0.717) is 35.7 Å². The number of carbonyl (C=O) groups is 1. The standard InChI is InChI=1S/C30H26ClFN4O2/c31-22-4-3-19-13-30(7-8-30)14-25(37)21-16-36(26(38)12-20(21)27(19)28(22)32)24(11-17-1-2-17)29-34-15-23(35-29)18-5-9-33-10-6-18/h3-6,9-10,12,15-17,24H,1-2,7-8,11,13-14H2,(H,34,35)/t24-/m0/s1. The third-order valence-corrected chi connectivity index (χ3v) is 8.67. The summed E-state index contributed by atoms with van der Waals surface area (Å²) < 4.78 is 17.1. The van der Waals surface area contributed by atoms with E-state index in [1.165, 1.54) is 6.07 Å². The fourth-order valence-corrected chi connectivity index (χ4v) is 6.05. The van der Waals surface area contributed by atoms with Crippen LogP contribution in [0.25, 0.3) is 22.4 Å². The van der Waals surface area contributed by atoms with E-state index in [1.54, 1.807) is 35.4 Å². The zero-order chi connectivity index (χ0) is 26.0. The van der Waals surface area contributed by atoms with Gasteiger partial charge < -0.3 is 9.55 Å². The fourth-order valence-electron chi connectivity index (χ4n) is 5.89. The Morgan fingerprint density at radius 3 is 2.63 bits per heavy atom. The number of hydrogen-bond donors (Lipinski definition) is 1. The molecule has 0 amide bonds. The van der Waals surface area contributed by atoms with Crippen LogP contribution in [0.1, 0.15) is 66.3 Å². The summed E-state index contributed by atoms with van der Waals surface area (Å²) >= 11 is 6.19. The number of hydrogen-bond acceptors (Lipinski definition) is 4. The maximum Gasteiger partial charge on any atom is 0.251 e. The summed E-state index contributed by atoms with van der Waals surface area (Å²) in [5.41, 5.74) is 3.15. The maximum absolute atomic E-state index is 15.5. The minimum Gasteiger partial charge on any atom is -0.340 e. The molecule has 2 saturated carbocycles. The first-order valence-electron chi connectivity index (χ1n) is 13.1. The van der Waals surface area contributed by atoms with Crippen LogP contribution in [0.4, 0.5) is 4.39 Å². The Morgan fingerprint density at radius 2 is 1.89 bits per heavy atom. The number of imidazole rings is 1. The summed E-state index contributed by atoms with van der Waals surface area (Å²) in [4.78, 5) is 39.5. The number of ketones is 1. The highest BCUT2D eigenvalue weighted by atomic mass is 35.5. The van der Waals surface area contributed by atoms with Crippen LogP contribution < -0.4 is 5.56 Å². The van der Waals surface area contributed by atoms with Gasteiger partial charge in [-0.25, -0.2) is 9.37 Å². The molecule has 3 heterocycles. The highest BCUT2D eigenvalue weighted by molar-refractivity contribution is 6.31. The van der Waals surface area contributed by atoms with E-state index in [-0.39, 0.29) is 33.4 Å². The molecule has 8 heteroatoms. The third kappa shape index (κ3) is 4.09. The van der Waals surface area contributed by atoms with Gasteiger partial charge >= 0.3 is 0 Å². The van der Waals surface area contributed by atoms with Gasteiger partial charge in [0.1, 0.15) is 11.6 Å². The lowest BCUT2D eigenvalue weighted by atomic mass is 9.81. The van der Waals surface area contributed by atoms with Crippen LogP contribution in [-0.4, -0.2) is 25.3 Å². The molecule has 7 rings (SSSR count). The van der Waals surface area contributed by atoms with Crippen LogP contribution in [0.3, 0.4) is 0 Å². The Bertz CT molecular complexity index is 1640. The molecule has 3 aliphatic rings. The quantitative estimate of drug-likeness (QED) is 0.325. The lowest BCUT2D eigenvalue weighted by molar-refractivity contribution is 0.0953. The second-order valence-corrected chi connectivity index (χ2v) is 11.5. The number of nitrogens with one attached hydrogen (secondary N) is 1. The molecule has 1 N–H and O–H groups in total. The average Bonchev–Trinajstić information content (AvgIpc) is 3.83. The van der Waals surface area contributed by atoms with Gasteiger partial charge in [-0.1, -0.05) is 30.5 Å². The highest BCUT2D eigenvalue weighted by Gasteiger charge is 2.46. The van der Waals surface area contributed by atoms with Crippen LogP contribution >= 0.6 is 11.6 Å². The Balaban J connectivity index is 1.38. The van der Waals surface area contributed by atoms with E-state index in [9.17, 15) is 9.59 Å². The molecular weight excluding hydrogens is 503 g/mol. The van der Waals surface area contributed by atoms with Crippen LogP contribution in [-0.2, 0) is 6.42 Å². The van der Waals surface area contributed by atoms with Crippen molar-refractivity contribution in [3.05, 3.63) is 93.3 Å². The van der Waals surface area contributed by atoms with Gasteiger partial charge in [-0.15, -0.1) is 0 Å². The lowest BCUT2D eigenvalue weighted by Crippen LogP contribution is -2.29. The van der Waals surface area contributed by atoms with E-state index in [0.717, 1.165) is 48.9 Å². The zero-order valence-electron chi connectivity index (χ0n) is 20.7. The van der Waals surface area contributed by atoms with Crippen molar-refractivity contribution < 1.29 is 9.18 Å². The van der Waals surface area contributed by atoms with E-state index < -0.39 is 5.82 Å².